The fraction of sp³-hybridized carbons (Fsp3) is 0.538. The molecule has 1 fully saturated rings. The summed E-state index contributed by atoms with van der Waals surface area (Å²) in [6.45, 7) is 4.52. The van der Waals surface area contributed by atoms with Gasteiger partial charge in [-0.1, -0.05) is 18.6 Å². The summed E-state index contributed by atoms with van der Waals surface area (Å²) >= 11 is 0. The highest BCUT2D eigenvalue weighted by Gasteiger charge is 1.93. The number of nitrogens with one attached hydrogen (secondary N) is 1. The Kier molecular flexibility index (Phi) is 13.9. The van der Waals surface area contributed by atoms with Crippen LogP contribution in [0.25, 0.3) is 0 Å². The minimum Gasteiger partial charge on any atom is -0.412 e. The van der Waals surface area contributed by atoms with Crippen LogP contribution >= 0.6 is 0 Å². The van der Waals surface area contributed by atoms with E-state index in [2.05, 4.69) is 5.32 Å². The van der Waals surface area contributed by atoms with Crippen molar-refractivity contribution in [1.82, 2.24) is 5.32 Å². The fourth-order valence-corrected chi connectivity index (χ4v) is 1.47. The first-order chi connectivity index (χ1) is 7.79. The smallest absolute Gasteiger partial charge is 0.0319 e. The summed E-state index contributed by atoms with van der Waals surface area (Å²) in [6.07, 6.45) is 4.22. The molecule has 0 saturated carbocycles. The van der Waals surface area contributed by atoms with Gasteiger partial charge in [0.05, 0.1) is 0 Å². The van der Waals surface area contributed by atoms with Gasteiger partial charge in [-0.3, -0.25) is 0 Å². The SMILES string of the molecule is C1CCNCC1.CO.Cc1cccc(N)c1.O.[HH]. The van der Waals surface area contributed by atoms with E-state index in [1.54, 1.807) is 0 Å². The number of hydrogen-bond acceptors (Lipinski definition) is 3. The lowest BCUT2D eigenvalue weighted by atomic mass is 10.2. The van der Waals surface area contributed by atoms with E-state index >= 15 is 0 Å². The number of anilines is 1. The summed E-state index contributed by atoms with van der Waals surface area (Å²) in [5.41, 5.74) is 7.51. The number of rotatable bonds is 0. The Labute approximate surface area is 106 Å². The summed E-state index contributed by atoms with van der Waals surface area (Å²) in [5, 5.41) is 10.3. The minimum atomic E-state index is 0. The maximum Gasteiger partial charge on any atom is 0.0319 e. The first-order valence-electron chi connectivity index (χ1n) is 5.76. The fourth-order valence-electron chi connectivity index (χ4n) is 1.47. The van der Waals surface area contributed by atoms with Crippen LogP contribution in [0.2, 0.25) is 0 Å². The third kappa shape index (κ3) is 11.2. The molecule has 0 radical (unpaired) electrons. The van der Waals surface area contributed by atoms with E-state index in [0.29, 0.717) is 0 Å². The summed E-state index contributed by atoms with van der Waals surface area (Å²) < 4.78 is 0. The van der Waals surface area contributed by atoms with Crippen molar-refractivity contribution in [3.63, 3.8) is 0 Å². The Bertz CT molecular complexity index is 240. The maximum atomic E-state index is 7.00. The van der Waals surface area contributed by atoms with Gasteiger partial charge in [0, 0.05) is 14.2 Å². The molecule has 4 heteroatoms. The Hall–Kier alpha value is -1.10. The van der Waals surface area contributed by atoms with Crippen LogP contribution in [0.1, 0.15) is 26.3 Å². The summed E-state index contributed by atoms with van der Waals surface area (Å²) in [5.74, 6) is 0. The molecule has 1 aromatic rings. The van der Waals surface area contributed by atoms with Crippen molar-refractivity contribution in [3.8, 4) is 0 Å². The van der Waals surface area contributed by atoms with Crippen LogP contribution in [0.3, 0.4) is 0 Å². The largest absolute Gasteiger partial charge is 0.412 e. The predicted molar refractivity (Wildman–Crippen MR) is 76.2 cm³/mol. The van der Waals surface area contributed by atoms with Crippen LogP contribution in [0.4, 0.5) is 5.69 Å². The molecule has 0 aliphatic carbocycles. The highest BCUT2D eigenvalue weighted by atomic mass is 16.2. The Morgan fingerprint density at radius 3 is 2.00 bits per heavy atom. The van der Waals surface area contributed by atoms with Crippen LogP contribution in [0.5, 0.6) is 0 Å². The summed E-state index contributed by atoms with van der Waals surface area (Å²) in [4.78, 5) is 0. The molecule has 0 unspecified atom stereocenters. The van der Waals surface area contributed by atoms with Crippen LogP contribution < -0.4 is 11.1 Å². The second-order valence-corrected chi connectivity index (χ2v) is 3.72. The van der Waals surface area contributed by atoms with E-state index in [1.165, 1.54) is 37.9 Å². The number of aryl methyl sites for hydroxylation is 1. The zero-order valence-corrected chi connectivity index (χ0v) is 10.9. The molecule has 4 nitrogen and oxygen atoms in total. The Balaban J connectivity index is -0.000000204. The van der Waals surface area contributed by atoms with Crippen LogP contribution in [0.15, 0.2) is 24.3 Å². The quantitative estimate of drug-likeness (QED) is 0.602. The molecular weight excluding hydrogens is 216 g/mol. The van der Waals surface area contributed by atoms with E-state index in [9.17, 15) is 0 Å². The highest BCUT2D eigenvalue weighted by Crippen LogP contribution is 2.03. The second-order valence-electron chi connectivity index (χ2n) is 3.72. The number of piperidine rings is 1. The molecule has 1 aliphatic rings. The van der Waals surface area contributed by atoms with Gasteiger partial charge in [0.25, 0.3) is 0 Å². The molecule has 1 heterocycles. The van der Waals surface area contributed by atoms with E-state index < -0.39 is 0 Å². The van der Waals surface area contributed by atoms with Gasteiger partial charge in [0.1, 0.15) is 0 Å². The number of aliphatic hydroxyl groups excluding tert-OH is 1. The molecule has 6 N–H and O–H groups in total. The number of benzene rings is 1. The van der Waals surface area contributed by atoms with Gasteiger partial charge in [-0.05, 0) is 50.6 Å². The normalized spacial score (nSPS) is 13.1. The molecule has 0 bridgehead atoms. The van der Waals surface area contributed by atoms with E-state index in [-0.39, 0.29) is 6.90 Å². The highest BCUT2D eigenvalue weighted by molar-refractivity contribution is 5.39. The molecular formula is C13H28N2O2. The third-order valence-corrected chi connectivity index (χ3v) is 2.25. The number of aliphatic hydroxyl groups is 1. The maximum absolute atomic E-state index is 7.00. The molecule has 17 heavy (non-hydrogen) atoms. The molecule has 1 aliphatic heterocycles. The second kappa shape index (κ2) is 13.0. The molecule has 102 valence electrons. The van der Waals surface area contributed by atoms with Crippen molar-refractivity contribution >= 4 is 5.69 Å². The zero-order valence-electron chi connectivity index (χ0n) is 10.9. The lowest BCUT2D eigenvalue weighted by Gasteiger charge is -2.08. The van der Waals surface area contributed by atoms with Crippen LogP contribution in [0, 0.1) is 6.92 Å². The first-order valence-corrected chi connectivity index (χ1v) is 5.76. The molecule has 0 amide bonds. The van der Waals surface area contributed by atoms with Crippen molar-refractivity contribution in [3.05, 3.63) is 29.8 Å². The molecule has 1 saturated heterocycles. The molecule has 1 aromatic carbocycles. The lowest BCUT2D eigenvalue weighted by Crippen LogP contribution is -2.21. The van der Waals surface area contributed by atoms with Gasteiger partial charge in [-0.2, -0.15) is 0 Å². The van der Waals surface area contributed by atoms with Gasteiger partial charge in [0.15, 0.2) is 0 Å². The monoisotopic (exact) mass is 244 g/mol. The van der Waals surface area contributed by atoms with Crippen molar-refractivity contribution in [1.29, 1.82) is 0 Å². The van der Waals surface area contributed by atoms with Gasteiger partial charge >= 0.3 is 0 Å². The van der Waals surface area contributed by atoms with Gasteiger partial charge < -0.3 is 21.6 Å². The van der Waals surface area contributed by atoms with Crippen molar-refractivity contribution in [2.45, 2.75) is 26.2 Å². The summed E-state index contributed by atoms with van der Waals surface area (Å²) in [7, 11) is 1.00. The number of hydrogen-bond donors (Lipinski definition) is 3. The molecule has 0 spiro atoms. The Morgan fingerprint density at radius 2 is 1.76 bits per heavy atom. The van der Waals surface area contributed by atoms with E-state index in [1.807, 2.05) is 31.2 Å². The van der Waals surface area contributed by atoms with Gasteiger partial charge in [-0.25, -0.2) is 0 Å². The average molecular weight is 244 g/mol. The summed E-state index contributed by atoms with van der Waals surface area (Å²) in [6, 6.07) is 7.80. The van der Waals surface area contributed by atoms with Crippen LogP contribution in [-0.2, 0) is 0 Å². The first kappa shape index (κ1) is 18.3. The molecule has 0 atom stereocenters. The average Bonchev–Trinajstić information content (AvgIpc) is 2.34. The van der Waals surface area contributed by atoms with E-state index in [0.717, 1.165) is 12.8 Å². The number of nitrogen functional groups attached to an aromatic ring is 1. The zero-order chi connectivity index (χ0) is 12.2. The van der Waals surface area contributed by atoms with Crippen LogP contribution in [-0.4, -0.2) is 30.8 Å². The van der Waals surface area contributed by atoms with Gasteiger partial charge in [-0.15, -0.1) is 0 Å². The van der Waals surface area contributed by atoms with Gasteiger partial charge in [0.2, 0.25) is 0 Å². The van der Waals surface area contributed by atoms with Crippen molar-refractivity contribution < 1.29 is 12.0 Å². The molecule has 0 aromatic heterocycles. The van der Waals surface area contributed by atoms with E-state index in [4.69, 9.17) is 10.8 Å². The molecule has 2 rings (SSSR count). The predicted octanol–water partition coefficient (Wildman–Crippen LogP) is 1.37. The lowest BCUT2D eigenvalue weighted by molar-refractivity contribution is 0.399. The number of nitrogens with two attached hydrogens (primary N) is 1. The minimum absolute atomic E-state index is 0. The van der Waals surface area contributed by atoms with Crippen molar-refractivity contribution in [2.75, 3.05) is 25.9 Å². The standard InChI is InChI=1S/C7H9N.C5H11N.CH4O.H2O.H2/c1-6-3-2-4-7(8)5-6;1-2-4-6-5-3-1;1-2;;/h2-5H,8H2,1H3;6H,1-5H2;2H,1H3;1H2;1H. The van der Waals surface area contributed by atoms with Crippen molar-refractivity contribution in [2.24, 2.45) is 0 Å². The Morgan fingerprint density at radius 1 is 1.18 bits per heavy atom. The topological polar surface area (TPSA) is 89.8 Å². The third-order valence-electron chi connectivity index (χ3n) is 2.25.